The predicted molar refractivity (Wildman–Crippen MR) is 67.3 cm³/mol. The van der Waals surface area contributed by atoms with E-state index in [0.717, 1.165) is 17.2 Å². The van der Waals surface area contributed by atoms with Crippen molar-refractivity contribution in [2.24, 2.45) is 0 Å². The number of pyridine rings is 1. The molecular weight excluding hydrogens is 237 g/mol. The molecule has 0 unspecified atom stereocenters. The minimum absolute atomic E-state index is 0.328. The third kappa shape index (κ3) is 3.31. The quantitative estimate of drug-likeness (QED) is 0.908. The topological polar surface area (TPSA) is 37.8 Å². The smallest absolute Gasteiger partial charge is 0.141 e. The fourth-order valence-electron chi connectivity index (χ4n) is 1.33. The van der Waals surface area contributed by atoms with Gasteiger partial charge < -0.3 is 5.32 Å². The van der Waals surface area contributed by atoms with E-state index in [1.165, 1.54) is 12.3 Å². The second kappa shape index (κ2) is 5.33. The van der Waals surface area contributed by atoms with E-state index >= 15 is 0 Å². The standard InChI is InChI=1S/C12H14FN3S/c1-8(2)14-6-12-16-11(7-17-12)10-4-3-9(13)5-15-10/h3-5,7-8,14H,6H2,1-2H3. The van der Waals surface area contributed by atoms with Gasteiger partial charge >= 0.3 is 0 Å². The number of hydrogen-bond donors (Lipinski definition) is 1. The summed E-state index contributed by atoms with van der Waals surface area (Å²) in [5.41, 5.74) is 1.51. The molecule has 3 nitrogen and oxygen atoms in total. The molecule has 2 rings (SSSR count). The average molecular weight is 251 g/mol. The van der Waals surface area contributed by atoms with Crippen LogP contribution in [0.5, 0.6) is 0 Å². The van der Waals surface area contributed by atoms with Gasteiger partial charge in [0.25, 0.3) is 0 Å². The molecule has 2 aromatic rings. The van der Waals surface area contributed by atoms with E-state index in [2.05, 4.69) is 29.1 Å². The Hall–Kier alpha value is -1.33. The molecule has 0 amide bonds. The summed E-state index contributed by atoms with van der Waals surface area (Å²) in [6.07, 6.45) is 1.21. The van der Waals surface area contributed by atoms with Crippen molar-refractivity contribution in [3.8, 4) is 11.4 Å². The first kappa shape index (κ1) is 12.1. The molecule has 0 spiro atoms. The van der Waals surface area contributed by atoms with Crippen LogP contribution >= 0.6 is 11.3 Å². The zero-order valence-corrected chi connectivity index (χ0v) is 10.6. The van der Waals surface area contributed by atoms with E-state index in [4.69, 9.17) is 0 Å². The molecule has 0 aliphatic heterocycles. The molecule has 0 aliphatic rings. The van der Waals surface area contributed by atoms with Crippen molar-refractivity contribution in [2.45, 2.75) is 26.4 Å². The normalized spacial score (nSPS) is 11.1. The fourth-order valence-corrected chi connectivity index (χ4v) is 2.07. The molecule has 0 saturated carbocycles. The maximum Gasteiger partial charge on any atom is 0.141 e. The van der Waals surface area contributed by atoms with Crippen LogP contribution in [0.4, 0.5) is 4.39 Å². The highest BCUT2D eigenvalue weighted by molar-refractivity contribution is 7.09. The highest BCUT2D eigenvalue weighted by Crippen LogP contribution is 2.19. The highest BCUT2D eigenvalue weighted by Gasteiger charge is 2.06. The number of hydrogen-bond acceptors (Lipinski definition) is 4. The van der Waals surface area contributed by atoms with Crippen LogP contribution in [0.15, 0.2) is 23.7 Å². The molecule has 2 heterocycles. The molecular formula is C12H14FN3S. The SMILES string of the molecule is CC(C)NCc1nc(-c2ccc(F)cn2)cs1. The molecule has 17 heavy (non-hydrogen) atoms. The minimum atomic E-state index is -0.328. The van der Waals surface area contributed by atoms with Crippen LogP contribution in [0.25, 0.3) is 11.4 Å². The monoisotopic (exact) mass is 251 g/mol. The number of halogens is 1. The van der Waals surface area contributed by atoms with Crippen molar-refractivity contribution in [3.05, 3.63) is 34.5 Å². The molecule has 0 radical (unpaired) electrons. The zero-order valence-electron chi connectivity index (χ0n) is 9.77. The first-order valence-electron chi connectivity index (χ1n) is 5.45. The highest BCUT2D eigenvalue weighted by atomic mass is 32.1. The van der Waals surface area contributed by atoms with Crippen LogP contribution in [0.1, 0.15) is 18.9 Å². The number of nitrogens with one attached hydrogen (secondary N) is 1. The van der Waals surface area contributed by atoms with Crippen molar-refractivity contribution in [1.82, 2.24) is 15.3 Å². The van der Waals surface area contributed by atoms with E-state index in [1.807, 2.05) is 5.38 Å². The van der Waals surface area contributed by atoms with Crippen molar-refractivity contribution < 1.29 is 4.39 Å². The van der Waals surface area contributed by atoms with Crippen molar-refractivity contribution in [1.29, 1.82) is 0 Å². The Kier molecular flexibility index (Phi) is 3.81. The summed E-state index contributed by atoms with van der Waals surface area (Å²) in [6, 6.07) is 3.48. The summed E-state index contributed by atoms with van der Waals surface area (Å²) >= 11 is 1.58. The maximum atomic E-state index is 12.7. The van der Waals surface area contributed by atoms with Gasteiger partial charge in [-0.1, -0.05) is 13.8 Å². The van der Waals surface area contributed by atoms with Crippen molar-refractivity contribution in [2.75, 3.05) is 0 Å². The first-order chi connectivity index (χ1) is 8.15. The van der Waals surface area contributed by atoms with Gasteiger partial charge in [-0.2, -0.15) is 0 Å². The van der Waals surface area contributed by atoms with Gasteiger partial charge in [-0.25, -0.2) is 9.37 Å². The third-order valence-electron chi connectivity index (χ3n) is 2.20. The second-order valence-corrected chi connectivity index (χ2v) is 4.97. The summed E-state index contributed by atoms with van der Waals surface area (Å²) in [4.78, 5) is 8.46. The van der Waals surface area contributed by atoms with Crippen LogP contribution in [0, 0.1) is 5.82 Å². The van der Waals surface area contributed by atoms with Gasteiger partial charge in [-0.15, -0.1) is 11.3 Å². The van der Waals surface area contributed by atoms with Gasteiger partial charge in [0.1, 0.15) is 10.8 Å². The molecule has 5 heteroatoms. The largest absolute Gasteiger partial charge is 0.308 e. The Bertz CT molecular complexity index is 479. The Balaban J connectivity index is 2.10. The second-order valence-electron chi connectivity index (χ2n) is 4.02. The molecule has 0 atom stereocenters. The number of nitrogens with zero attached hydrogens (tertiary/aromatic N) is 2. The first-order valence-corrected chi connectivity index (χ1v) is 6.33. The molecule has 0 fully saturated rings. The lowest BCUT2D eigenvalue weighted by atomic mass is 10.3. The summed E-state index contributed by atoms with van der Waals surface area (Å²) in [5.74, 6) is -0.328. The number of thiazole rings is 1. The fraction of sp³-hybridized carbons (Fsp3) is 0.333. The summed E-state index contributed by atoms with van der Waals surface area (Å²) < 4.78 is 12.7. The van der Waals surface area contributed by atoms with Gasteiger partial charge in [-0.05, 0) is 12.1 Å². The van der Waals surface area contributed by atoms with Gasteiger partial charge in [0.2, 0.25) is 0 Å². The van der Waals surface area contributed by atoms with E-state index in [-0.39, 0.29) is 5.82 Å². The Morgan fingerprint density at radius 1 is 1.35 bits per heavy atom. The van der Waals surface area contributed by atoms with E-state index in [1.54, 1.807) is 17.4 Å². The Labute approximate surface area is 104 Å². The average Bonchev–Trinajstić information content (AvgIpc) is 2.76. The van der Waals surface area contributed by atoms with Crippen LogP contribution in [0.3, 0.4) is 0 Å². The zero-order chi connectivity index (χ0) is 12.3. The lowest BCUT2D eigenvalue weighted by Gasteiger charge is -2.04. The minimum Gasteiger partial charge on any atom is -0.308 e. The summed E-state index contributed by atoms with van der Waals surface area (Å²) in [6.45, 7) is 4.94. The van der Waals surface area contributed by atoms with E-state index in [0.29, 0.717) is 11.7 Å². The Morgan fingerprint density at radius 3 is 2.82 bits per heavy atom. The molecule has 1 N–H and O–H groups in total. The molecule has 0 aromatic carbocycles. The van der Waals surface area contributed by atoms with E-state index < -0.39 is 0 Å². The number of aromatic nitrogens is 2. The predicted octanol–water partition coefficient (Wildman–Crippen LogP) is 2.84. The van der Waals surface area contributed by atoms with Crippen LogP contribution in [0.2, 0.25) is 0 Å². The van der Waals surface area contributed by atoms with Gasteiger partial charge in [0.15, 0.2) is 0 Å². The number of rotatable bonds is 4. The van der Waals surface area contributed by atoms with E-state index in [9.17, 15) is 4.39 Å². The maximum absolute atomic E-state index is 12.7. The molecule has 2 aromatic heterocycles. The molecule has 0 aliphatic carbocycles. The molecule has 0 saturated heterocycles. The Morgan fingerprint density at radius 2 is 2.18 bits per heavy atom. The van der Waals surface area contributed by atoms with Gasteiger partial charge in [0, 0.05) is 18.0 Å². The molecule has 90 valence electrons. The van der Waals surface area contributed by atoms with Crippen molar-refractivity contribution in [3.63, 3.8) is 0 Å². The van der Waals surface area contributed by atoms with Crippen molar-refractivity contribution >= 4 is 11.3 Å². The third-order valence-corrected chi connectivity index (χ3v) is 3.05. The summed E-state index contributed by atoms with van der Waals surface area (Å²) in [7, 11) is 0. The van der Waals surface area contributed by atoms with Crippen LogP contribution in [-0.4, -0.2) is 16.0 Å². The lowest BCUT2D eigenvalue weighted by molar-refractivity contribution is 0.587. The summed E-state index contributed by atoms with van der Waals surface area (Å²) in [5, 5.41) is 6.26. The lowest BCUT2D eigenvalue weighted by Crippen LogP contribution is -2.21. The van der Waals surface area contributed by atoms with Crippen LogP contribution < -0.4 is 5.32 Å². The van der Waals surface area contributed by atoms with Crippen LogP contribution in [-0.2, 0) is 6.54 Å². The molecule has 0 bridgehead atoms. The van der Waals surface area contributed by atoms with Gasteiger partial charge in [-0.3, -0.25) is 4.98 Å². The van der Waals surface area contributed by atoms with Gasteiger partial charge in [0.05, 0.1) is 17.6 Å².